The van der Waals surface area contributed by atoms with Gasteiger partial charge in [0, 0.05) is 18.1 Å². The van der Waals surface area contributed by atoms with Crippen LogP contribution in [0.5, 0.6) is 0 Å². The van der Waals surface area contributed by atoms with Crippen LogP contribution in [0, 0.1) is 9.87 Å². The number of thiazole rings is 1. The largest absolute Gasteiger partial charge is 0.466 e. The number of benzene rings is 2. The summed E-state index contributed by atoms with van der Waals surface area (Å²) in [6.45, 7) is 2.74. The molecule has 0 spiro atoms. The molecule has 0 aliphatic carbocycles. The van der Waals surface area contributed by atoms with Crippen molar-refractivity contribution in [2.24, 2.45) is 5.92 Å². The molecule has 3 heterocycles. The third-order valence-corrected chi connectivity index (χ3v) is 8.12. The summed E-state index contributed by atoms with van der Waals surface area (Å²) in [5, 5.41) is 1.09. The number of carbonyl (C=O) groups excluding carboxylic acids is 2. The van der Waals surface area contributed by atoms with Crippen LogP contribution in [0.15, 0.2) is 53.3 Å². The molecule has 1 aliphatic rings. The topological polar surface area (TPSA) is 73.0 Å². The highest BCUT2D eigenvalue weighted by molar-refractivity contribution is 7.73. The minimum atomic E-state index is -0.351. The highest BCUT2D eigenvalue weighted by Gasteiger charge is 2.30. The zero-order chi connectivity index (χ0) is 25.4. The van der Waals surface area contributed by atoms with E-state index in [4.69, 9.17) is 28.6 Å². The van der Waals surface area contributed by atoms with Crippen LogP contribution in [-0.2, 0) is 20.9 Å². The molecule has 0 radical (unpaired) electrons. The molecule has 7 nitrogen and oxygen atoms in total. The van der Waals surface area contributed by atoms with E-state index in [1.807, 2.05) is 28.7 Å². The minimum absolute atomic E-state index is 0.158. The Bertz CT molecular complexity index is 1590. The van der Waals surface area contributed by atoms with Gasteiger partial charge in [-0.15, -0.1) is 11.3 Å². The standard InChI is InChI=1S/C26H24ClN3O4S2/c1-2-34-25(33)17-6-5-13-28(14-17)21(31)15-29-23-22(16-9-11-18(27)12-10-16)36-26(35)30(23)20-8-4-3-7-19(20)24(29)32/h3-4,7-12,17H,2,5-6,13-15H2,1H3. The van der Waals surface area contributed by atoms with E-state index in [2.05, 4.69) is 0 Å². The summed E-state index contributed by atoms with van der Waals surface area (Å²) in [5.74, 6) is -0.854. The first-order chi connectivity index (χ1) is 17.4. The van der Waals surface area contributed by atoms with Crippen LogP contribution in [-0.4, -0.2) is 45.4 Å². The average molecular weight is 542 g/mol. The lowest BCUT2D eigenvalue weighted by Crippen LogP contribution is -2.45. The number of carbonyl (C=O) groups is 2. The zero-order valence-corrected chi connectivity index (χ0v) is 22.0. The number of nitrogens with zero attached hydrogens (tertiary/aromatic N) is 3. The Morgan fingerprint density at radius 2 is 1.92 bits per heavy atom. The number of piperidine rings is 1. The molecular weight excluding hydrogens is 518 g/mol. The number of para-hydroxylation sites is 1. The van der Waals surface area contributed by atoms with Crippen molar-refractivity contribution in [1.82, 2.24) is 13.9 Å². The van der Waals surface area contributed by atoms with Gasteiger partial charge in [0.05, 0.1) is 28.3 Å². The van der Waals surface area contributed by atoms with E-state index in [-0.39, 0.29) is 36.4 Å². The zero-order valence-electron chi connectivity index (χ0n) is 19.6. The number of likely N-dealkylation sites (tertiary alicyclic amines) is 1. The molecule has 5 rings (SSSR count). The van der Waals surface area contributed by atoms with Gasteiger partial charge in [0.2, 0.25) is 5.91 Å². The summed E-state index contributed by atoms with van der Waals surface area (Å²) < 4.78 is 9.13. The van der Waals surface area contributed by atoms with Gasteiger partial charge in [0.15, 0.2) is 3.95 Å². The molecule has 1 fully saturated rings. The lowest BCUT2D eigenvalue weighted by Gasteiger charge is -2.31. The molecule has 10 heteroatoms. The van der Waals surface area contributed by atoms with Gasteiger partial charge < -0.3 is 9.64 Å². The van der Waals surface area contributed by atoms with E-state index < -0.39 is 0 Å². The Balaban J connectivity index is 1.63. The van der Waals surface area contributed by atoms with Gasteiger partial charge in [-0.3, -0.25) is 23.4 Å². The van der Waals surface area contributed by atoms with Gasteiger partial charge in [0.25, 0.3) is 5.56 Å². The van der Waals surface area contributed by atoms with Crippen LogP contribution in [0.2, 0.25) is 5.02 Å². The first-order valence-corrected chi connectivity index (χ1v) is 13.4. The lowest BCUT2D eigenvalue weighted by atomic mass is 9.98. The summed E-state index contributed by atoms with van der Waals surface area (Å²) >= 11 is 13.2. The summed E-state index contributed by atoms with van der Waals surface area (Å²) in [7, 11) is 0. The molecule has 0 N–H and O–H groups in total. The Hall–Kier alpha value is -3.01. The van der Waals surface area contributed by atoms with Crippen LogP contribution in [0.3, 0.4) is 0 Å². The van der Waals surface area contributed by atoms with E-state index in [9.17, 15) is 14.4 Å². The van der Waals surface area contributed by atoms with Crippen LogP contribution in [0.4, 0.5) is 0 Å². The van der Waals surface area contributed by atoms with Crippen molar-refractivity contribution >= 4 is 63.6 Å². The van der Waals surface area contributed by atoms with Gasteiger partial charge in [0.1, 0.15) is 12.2 Å². The lowest BCUT2D eigenvalue weighted by molar-refractivity contribution is -0.151. The maximum atomic E-state index is 13.7. The quantitative estimate of drug-likeness (QED) is 0.257. The van der Waals surface area contributed by atoms with E-state index >= 15 is 0 Å². The van der Waals surface area contributed by atoms with Crippen molar-refractivity contribution < 1.29 is 14.3 Å². The number of rotatable bonds is 5. The first-order valence-electron chi connectivity index (χ1n) is 11.8. The fourth-order valence-electron chi connectivity index (χ4n) is 4.74. The number of aromatic nitrogens is 2. The molecule has 2 aromatic heterocycles. The summed E-state index contributed by atoms with van der Waals surface area (Å²) in [6, 6.07) is 14.6. The average Bonchev–Trinajstić information content (AvgIpc) is 3.24. The molecular formula is C26H24ClN3O4S2. The van der Waals surface area contributed by atoms with E-state index in [1.165, 1.54) is 15.9 Å². The second kappa shape index (κ2) is 10.2. The predicted octanol–water partition coefficient (Wildman–Crippen LogP) is 5.17. The van der Waals surface area contributed by atoms with E-state index in [0.29, 0.717) is 51.5 Å². The molecule has 1 unspecified atom stereocenters. The number of halogens is 1. The van der Waals surface area contributed by atoms with Crippen LogP contribution in [0.25, 0.3) is 27.0 Å². The Morgan fingerprint density at radius 1 is 1.17 bits per heavy atom. The fourth-order valence-corrected chi connectivity index (χ4v) is 6.30. The molecule has 2 aromatic carbocycles. The SMILES string of the molecule is CCOC(=O)C1CCCN(C(=O)Cn2c(=O)c3ccccc3n3c(=S)sc(-c4ccc(Cl)cc4)c23)C1. The van der Waals surface area contributed by atoms with Gasteiger partial charge in [-0.25, -0.2) is 0 Å². The smallest absolute Gasteiger partial charge is 0.310 e. The highest BCUT2D eigenvalue weighted by atomic mass is 35.5. The molecule has 186 valence electrons. The molecule has 1 atom stereocenters. The summed E-state index contributed by atoms with van der Waals surface area (Å²) in [6.07, 6.45) is 1.39. The fraction of sp³-hybridized carbons (Fsp3) is 0.308. The predicted molar refractivity (Wildman–Crippen MR) is 144 cm³/mol. The number of hydrogen-bond acceptors (Lipinski definition) is 6. The van der Waals surface area contributed by atoms with Gasteiger partial charge in [-0.05, 0) is 61.8 Å². The third-order valence-electron chi connectivity index (χ3n) is 6.46. The summed E-state index contributed by atoms with van der Waals surface area (Å²) in [4.78, 5) is 41.9. The molecule has 0 saturated carbocycles. The normalized spacial score (nSPS) is 15.9. The molecule has 1 aliphatic heterocycles. The monoisotopic (exact) mass is 541 g/mol. The van der Waals surface area contributed by atoms with E-state index in [0.717, 1.165) is 10.4 Å². The number of esters is 1. The number of fused-ring (bicyclic) bond motifs is 3. The van der Waals surface area contributed by atoms with Crippen molar-refractivity contribution in [2.75, 3.05) is 19.7 Å². The second-order valence-electron chi connectivity index (χ2n) is 8.70. The molecule has 1 amide bonds. The van der Waals surface area contributed by atoms with Crippen molar-refractivity contribution in [1.29, 1.82) is 0 Å². The molecule has 0 bridgehead atoms. The second-order valence-corrected chi connectivity index (χ2v) is 10.8. The molecule has 36 heavy (non-hydrogen) atoms. The van der Waals surface area contributed by atoms with Crippen molar-refractivity contribution in [3.63, 3.8) is 0 Å². The Kier molecular flexibility index (Phi) is 6.96. The number of hydrogen-bond donors (Lipinski definition) is 0. The van der Waals surface area contributed by atoms with Crippen molar-refractivity contribution in [3.05, 3.63) is 67.9 Å². The third kappa shape index (κ3) is 4.47. The van der Waals surface area contributed by atoms with Gasteiger partial charge in [-0.2, -0.15) is 0 Å². The maximum absolute atomic E-state index is 13.7. The Morgan fingerprint density at radius 3 is 2.67 bits per heavy atom. The van der Waals surface area contributed by atoms with Crippen molar-refractivity contribution in [2.45, 2.75) is 26.3 Å². The summed E-state index contributed by atoms with van der Waals surface area (Å²) in [5.41, 5.74) is 1.86. The first kappa shape index (κ1) is 24.7. The van der Waals surface area contributed by atoms with E-state index in [1.54, 1.807) is 36.1 Å². The van der Waals surface area contributed by atoms with Crippen LogP contribution >= 0.6 is 35.2 Å². The number of amides is 1. The maximum Gasteiger partial charge on any atom is 0.310 e. The van der Waals surface area contributed by atoms with Crippen LogP contribution in [0.1, 0.15) is 19.8 Å². The minimum Gasteiger partial charge on any atom is -0.466 e. The molecule has 4 aromatic rings. The Labute approximate surface area is 221 Å². The van der Waals surface area contributed by atoms with Crippen molar-refractivity contribution in [3.8, 4) is 10.4 Å². The number of ether oxygens (including phenoxy) is 1. The van der Waals surface area contributed by atoms with Gasteiger partial charge in [-0.1, -0.05) is 35.9 Å². The van der Waals surface area contributed by atoms with Crippen LogP contribution < -0.4 is 5.56 Å². The molecule has 1 saturated heterocycles. The van der Waals surface area contributed by atoms with Gasteiger partial charge >= 0.3 is 5.97 Å². The highest BCUT2D eigenvalue weighted by Crippen LogP contribution is 2.34.